The number of hydrogen-bond donors (Lipinski definition) is 3. The molecule has 8 heteroatoms. The van der Waals surface area contributed by atoms with Crippen LogP contribution in [-0.2, 0) is 21.5 Å². The SMILES string of the molecule is CC(C)(C)c1oc(C(N)=O)cc1CN1C[C@@]2(C(=O)O)C[C@@]2(C(=O)O)C1. The van der Waals surface area contributed by atoms with Gasteiger partial charge in [-0.15, -0.1) is 0 Å². The van der Waals surface area contributed by atoms with Crippen LogP contribution in [0.3, 0.4) is 0 Å². The van der Waals surface area contributed by atoms with Gasteiger partial charge in [0.2, 0.25) is 0 Å². The van der Waals surface area contributed by atoms with Gasteiger partial charge in [0.1, 0.15) is 5.76 Å². The van der Waals surface area contributed by atoms with Crippen LogP contribution in [0.5, 0.6) is 0 Å². The molecule has 1 saturated heterocycles. The van der Waals surface area contributed by atoms with Crippen LogP contribution in [0.15, 0.2) is 10.5 Å². The average molecular weight is 350 g/mol. The van der Waals surface area contributed by atoms with Gasteiger partial charge in [0, 0.05) is 30.6 Å². The Morgan fingerprint density at radius 1 is 1.20 bits per heavy atom. The highest BCUT2D eigenvalue weighted by Crippen LogP contribution is 2.68. The van der Waals surface area contributed by atoms with Gasteiger partial charge in [0.15, 0.2) is 5.76 Å². The van der Waals surface area contributed by atoms with Crippen molar-refractivity contribution in [3.8, 4) is 0 Å². The van der Waals surface area contributed by atoms with Crippen molar-refractivity contribution >= 4 is 17.8 Å². The van der Waals surface area contributed by atoms with E-state index in [1.807, 2.05) is 20.8 Å². The molecule has 2 heterocycles. The number of nitrogens with two attached hydrogens (primary N) is 1. The summed E-state index contributed by atoms with van der Waals surface area (Å²) in [5.41, 5.74) is 3.20. The van der Waals surface area contributed by atoms with Crippen LogP contribution in [0.2, 0.25) is 0 Å². The van der Waals surface area contributed by atoms with Crippen molar-refractivity contribution in [1.82, 2.24) is 4.90 Å². The van der Waals surface area contributed by atoms with Gasteiger partial charge < -0.3 is 20.4 Å². The monoisotopic (exact) mass is 350 g/mol. The van der Waals surface area contributed by atoms with Crippen molar-refractivity contribution in [2.45, 2.75) is 39.2 Å². The normalized spacial score (nSPS) is 28.6. The molecule has 4 N–H and O–H groups in total. The minimum absolute atomic E-state index is 0.0465. The van der Waals surface area contributed by atoms with E-state index >= 15 is 0 Å². The van der Waals surface area contributed by atoms with Crippen LogP contribution in [-0.4, -0.2) is 46.0 Å². The zero-order valence-corrected chi connectivity index (χ0v) is 14.5. The topological polar surface area (TPSA) is 134 Å². The summed E-state index contributed by atoms with van der Waals surface area (Å²) in [6.45, 7) is 6.43. The van der Waals surface area contributed by atoms with E-state index in [-0.39, 0.29) is 30.7 Å². The Morgan fingerprint density at radius 3 is 2.12 bits per heavy atom. The molecular weight excluding hydrogens is 328 g/mol. The first-order valence-electron chi connectivity index (χ1n) is 8.05. The maximum atomic E-state index is 11.6. The van der Waals surface area contributed by atoms with Gasteiger partial charge in [0.05, 0.1) is 10.8 Å². The maximum absolute atomic E-state index is 11.6. The molecule has 1 aromatic heterocycles. The minimum Gasteiger partial charge on any atom is -0.481 e. The van der Waals surface area contributed by atoms with Gasteiger partial charge in [-0.2, -0.15) is 0 Å². The predicted octanol–water partition coefficient (Wildman–Crippen LogP) is 1.04. The molecule has 25 heavy (non-hydrogen) atoms. The number of carbonyl (C=O) groups excluding carboxylic acids is 1. The molecule has 1 aromatic rings. The van der Waals surface area contributed by atoms with E-state index in [0.717, 1.165) is 5.56 Å². The number of piperidine rings is 1. The van der Waals surface area contributed by atoms with Crippen molar-refractivity contribution in [2.75, 3.05) is 13.1 Å². The van der Waals surface area contributed by atoms with E-state index in [9.17, 15) is 24.6 Å². The number of furan rings is 1. The molecule has 2 atom stereocenters. The number of rotatable bonds is 5. The van der Waals surface area contributed by atoms with E-state index in [2.05, 4.69) is 0 Å². The van der Waals surface area contributed by atoms with E-state index in [1.54, 1.807) is 11.0 Å². The molecule has 0 unspecified atom stereocenters. The van der Waals surface area contributed by atoms with Crippen LogP contribution >= 0.6 is 0 Å². The Bertz CT molecular complexity index is 749. The number of amides is 1. The van der Waals surface area contributed by atoms with Gasteiger partial charge in [-0.05, 0) is 12.5 Å². The van der Waals surface area contributed by atoms with Gasteiger partial charge in [-0.25, -0.2) is 0 Å². The molecule has 0 radical (unpaired) electrons. The summed E-state index contributed by atoms with van der Waals surface area (Å²) in [5, 5.41) is 19.0. The first-order chi connectivity index (χ1) is 11.4. The number of likely N-dealkylation sites (tertiary alicyclic amines) is 1. The van der Waals surface area contributed by atoms with Crippen LogP contribution in [0, 0.1) is 10.8 Å². The molecule has 0 aromatic carbocycles. The second-order valence-corrected chi connectivity index (χ2v) is 8.18. The van der Waals surface area contributed by atoms with Gasteiger partial charge in [-0.3, -0.25) is 19.3 Å². The smallest absolute Gasteiger partial charge is 0.312 e. The van der Waals surface area contributed by atoms with Crippen molar-refractivity contribution in [3.05, 3.63) is 23.2 Å². The van der Waals surface area contributed by atoms with Gasteiger partial charge in [-0.1, -0.05) is 20.8 Å². The number of carboxylic acid groups (broad SMARTS) is 2. The molecule has 1 aliphatic heterocycles. The van der Waals surface area contributed by atoms with Crippen LogP contribution < -0.4 is 5.73 Å². The number of fused-ring (bicyclic) bond motifs is 1. The quantitative estimate of drug-likeness (QED) is 0.722. The summed E-state index contributed by atoms with van der Waals surface area (Å²) in [4.78, 5) is 36.5. The Kier molecular flexibility index (Phi) is 3.55. The lowest BCUT2D eigenvalue weighted by Gasteiger charge is -2.22. The second-order valence-electron chi connectivity index (χ2n) is 8.18. The summed E-state index contributed by atoms with van der Waals surface area (Å²) in [5.74, 6) is -2.18. The maximum Gasteiger partial charge on any atom is 0.312 e. The summed E-state index contributed by atoms with van der Waals surface area (Å²) in [6, 6.07) is 1.56. The Labute approximate surface area is 144 Å². The zero-order valence-electron chi connectivity index (χ0n) is 14.5. The highest BCUT2D eigenvalue weighted by molar-refractivity contribution is 5.94. The van der Waals surface area contributed by atoms with Gasteiger partial charge in [0.25, 0.3) is 5.91 Å². The minimum atomic E-state index is -1.23. The predicted molar refractivity (Wildman–Crippen MR) is 86.0 cm³/mol. The molecule has 0 bridgehead atoms. The molecule has 3 rings (SSSR count). The Hall–Kier alpha value is -2.35. The third-order valence-electron chi connectivity index (χ3n) is 5.33. The Balaban J connectivity index is 1.89. The highest BCUT2D eigenvalue weighted by Gasteiger charge is 2.80. The van der Waals surface area contributed by atoms with Crippen LogP contribution in [0.1, 0.15) is 49.1 Å². The van der Waals surface area contributed by atoms with E-state index in [4.69, 9.17) is 10.2 Å². The first-order valence-corrected chi connectivity index (χ1v) is 8.05. The summed E-state index contributed by atoms with van der Waals surface area (Å²) in [7, 11) is 0. The molecule has 2 aliphatic rings. The first kappa shape index (κ1) is 17.5. The summed E-state index contributed by atoms with van der Waals surface area (Å²) >= 11 is 0. The van der Waals surface area contributed by atoms with Crippen LogP contribution in [0.25, 0.3) is 0 Å². The molecule has 1 amide bonds. The molecule has 8 nitrogen and oxygen atoms in total. The standard InChI is InChI=1S/C17H22N2O6/c1-15(2,3)11-9(4-10(25-11)12(18)20)5-19-7-16(13(21)22)6-17(16,8-19)14(23)24/h4H,5-8H2,1-3H3,(H2,18,20)(H,21,22)(H,23,24)/t16-,17+. The summed E-state index contributed by atoms with van der Waals surface area (Å²) < 4.78 is 5.60. The van der Waals surface area contributed by atoms with Crippen molar-refractivity contribution in [1.29, 1.82) is 0 Å². The van der Waals surface area contributed by atoms with E-state index in [0.29, 0.717) is 12.3 Å². The molecule has 0 spiro atoms. The lowest BCUT2D eigenvalue weighted by molar-refractivity contribution is -0.151. The number of nitrogens with zero attached hydrogens (tertiary/aromatic N) is 1. The lowest BCUT2D eigenvalue weighted by atomic mass is 9.90. The fraction of sp³-hybridized carbons (Fsp3) is 0.588. The van der Waals surface area contributed by atoms with E-state index in [1.165, 1.54) is 0 Å². The highest BCUT2D eigenvalue weighted by atomic mass is 16.4. The van der Waals surface area contributed by atoms with E-state index < -0.39 is 28.7 Å². The Morgan fingerprint density at radius 2 is 1.72 bits per heavy atom. The zero-order chi connectivity index (χ0) is 18.8. The molecule has 2 fully saturated rings. The fourth-order valence-corrected chi connectivity index (χ4v) is 4.06. The number of primary amides is 1. The third-order valence-corrected chi connectivity index (χ3v) is 5.33. The van der Waals surface area contributed by atoms with Crippen LogP contribution in [0.4, 0.5) is 0 Å². The number of carbonyl (C=O) groups is 3. The number of carboxylic acids is 2. The van der Waals surface area contributed by atoms with Crippen molar-refractivity contribution in [2.24, 2.45) is 16.6 Å². The fourth-order valence-electron chi connectivity index (χ4n) is 4.06. The second kappa shape index (κ2) is 5.08. The molecule has 136 valence electrons. The molecular formula is C17H22N2O6. The average Bonchev–Trinajstić information content (AvgIpc) is 2.79. The largest absolute Gasteiger partial charge is 0.481 e. The van der Waals surface area contributed by atoms with Gasteiger partial charge >= 0.3 is 11.9 Å². The van der Waals surface area contributed by atoms with Crippen molar-refractivity contribution in [3.63, 3.8) is 0 Å². The third kappa shape index (κ3) is 2.43. The molecule has 1 aliphatic carbocycles. The number of aliphatic carboxylic acids is 2. The van der Waals surface area contributed by atoms with Crippen molar-refractivity contribution < 1.29 is 29.0 Å². The molecule has 1 saturated carbocycles. The summed E-state index contributed by atoms with van der Waals surface area (Å²) in [6.07, 6.45) is 0.158. The lowest BCUT2D eigenvalue weighted by Crippen LogP contribution is -2.29. The number of hydrogen-bond acceptors (Lipinski definition) is 5.